The van der Waals surface area contributed by atoms with Gasteiger partial charge in [0.25, 0.3) is 0 Å². The van der Waals surface area contributed by atoms with Gasteiger partial charge in [0.05, 0.1) is 11.6 Å². The third kappa shape index (κ3) is 3.19. The molecule has 0 aromatic carbocycles. The number of amides is 1. The van der Waals surface area contributed by atoms with E-state index in [4.69, 9.17) is 10.5 Å². The van der Waals surface area contributed by atoms with Gasteiger partial charge in [-0.3, -0.25) is 4.79 Å². The quantitative estimate of drug-likeness (QED) is 0.759. The summed E-state index contributed by atoms with van der Waals surface area (Å²) >= 11 is 0. The van der Waals surface area contributed by atoms with Crippen molar-refractivity contribution in [3.63, 3.8) is 0 Å². The molecule has 0 saturated carbocycles. The van der Waals surface area contributed by atoms with Crippen LogP contribution in [0.25, 0.3) is 0 Å². The molecule has 0 bridgehead atoms. The van der Waals surface area contributed by atoms with Gasteiger partial charge < -0.3 is 15.8 Å². The van der Waals surface area contributed by atoms with Crippen LogP contribution in [0.2, 0.25) is 0 Å². The monoisotopic (exact) mass is 228 g/mol. The number of carbonyl (C=O) groups excluding carboxylic acids is 1. The second kappa shape index (κ2) is 5.64. The molecule has 2 unspecified atom stereocenters. The number of rotatable bonds is 4. The minimum absolute atomic E-state index is 0.0170. The van der Waals surface area contributed by atoms with Crippen LogP contribution in [0.3, 0.4) is 0 Å². The van der Waals surface area contributed by atoms with E-state index < -0.39 is 5.54 Å². The maximum Gasteiger partial charge on any atom is 0.240 e. The lowest BCUT2D eigenvalue weighted by Gasteiger charge is -2.32. The minimum atomic E-state index is -0.707. The molecule has 0 aromatic heterocycles. The van der Waals surface area contributed by atoms with Crippen molar-refractivity contribution in [2.45, 2.75) is 64.1 Å². The van der Waals surface area contributed by atoms with Gasteiger partial charge in [-0.2, -0.15) is 0 Å². The van der Waals surface area contributed by atoms with Crippen molar-refractivity contribution in [3.05, 3.63) is 0 Å². The Morgan fingerprint density at radius 1 is 1.50 bits per heavy atom. The van der Waals surface area contributed by atoms with Crippen molar-refractivity contribution < 1.29 is 9.53 Å². The molecule has 1 saturated heterocycles. The maximum atomic E-state index is 12.0. The summed E-state index contributed by atoms with van der Waals surface area (Å²) in [6, 6.07) is 0.220. The molecular formula is C12H24N2O2. The molecule has 1 amide bonds. The zero-order valence-electron chi connectivity index (χ0n) is 10.6. The predicted octanol–water partition coefficient (Wildman–Crippen LogP) is 1.19. The van der Waals surface area contributed by atoms with Crippen molar-refractivity contribution in [1.82, 2.24) is 5.32 Å². The summed E-state index contributed by atoms with van der Waals surface area (Å²) in [7, 11) is 0. The second-order valence-corrected chi connectivity index (χ2v) is 4.74. The molecule has 2 atom stereocenters. The number of nitrogens with two attached hydrogens (primary N) is 1. The van der Waals surface area contributed by atoms with Gasteiger partial charge in [-0.15, -0.1) is 0 Å². The highest BCUT2D eigenvalue weighted by atomic mass is 16.5. The van der Waals surface area contributed by atoms with Gasteiger partial charge in [-0.05, 0) is 32.6 Å². The number of ether oxygens (including phenoxy) is 1. The van der Waals surface area contributed by atoms with Gasteiger partial charge in [0, 0.05) is 12.6 Å². The zero-order chi connectivity index (χ0) is 12.2. The summed E-state index contributed by atoms with van der Waals surface area (Å²) in [4.78, 5) is 12.0. The van der Waals surface area contributed by atoms with Crippen LogP contribution in [0.5, 0.6) is 0 Å². The molecule has 0 radical (unpaired) electrons. The summed E-state index contributed by atoms with van der Waals surface area (Å²) in [5.41, 5.74) is 5.34. The van der Waals surface area contributed by atoms with E-state index in [1.807, 2.05) is 20.8 Å². The molecular weight excluding hydrogens is 204 g/mol. The molecule has 0 aliphatic carbocycles. The Balaban J connectivity index is 2.50. The molecule has 4 heteroatoms. The molecule has 1 rings (SSSR count). The highest BCUT2D eigenvalue weighted by Gasteiger charge is 2.32. The lowest BCUT2D eigenvalue weighted by molar-refractivity contribution is -0.128. The Hall–Kier alpha value is -0.610. The van der Waals surface area contributed by atoms with Crippen LogP contribution in [0.1, 0.15) is 46.5 Å². The average molecular weight is 228 g/mol. The Bertz CT molecular complexity index is 239. The summed E-state index contributed by atoms with van der Waals surface area (Å²) in [6.07, 6.45) is 3.35. The predicted molar refractivity (Wildman–Crippen MR) is 64.1 cm³/mol. The van der Waals surface area contributed by atoms with Gasteiger partial charge in [0.2, 0.25) is 5.91 Å². The fraction of sp³-hybridized carbons (Fsp3) is 0.917. The molecule has 1 heterocycles. The smallest absolute Gasteiger partial charge is 0.240 e. The largest absolute Gasteiger partial charge is 0.378 e. The first-order chi connectivity index (χ1) is 7.51. The SMILES string of the molecule is CCC(N)(CC)C(=O)NC1CCOC(C)C1. The number of hydrogen-bond acceptors (Lipinski definition) is 3. The van der Waals surface area contributed by atoms with E-state index >= 15 is 0 Å². The third-order valence-corrected chi connectivity index (χ3v) is 3.53. The van der Waals surface area contributed by atoms with Crippen molar-refractivity contribution in [3.8, 4) is 0 Å². The second-order valence-electron chi connectivity index (χ2n) is 4.74. The molecule has 1 aliphatic rings. The molecule has 1 fully saturated rings. The first-order valence-electron chi connectivity index (χ1n) is 6.23. The Labute approximate surface area is 97.9 Å². The Morgan fingerprint density at radius 2 is 2.12 bits per heavy atom. The summed E-state index contributed by atoms with van der Waals surface area (Å²) in [5, 5.41) is 3.05. The first kappa shape index (κ1) is 13.5. The lowest BCUT2D eigenvalue weighted by Crippen LogP contribution is -2.56. The molecule has 94 valence electrons. The van der Waals surface area contributed by atoms with E-state index in [2.05, 4.69) is 5.32 Å². The van der Waals surface area contributed by atoms with Crippen LogP contribution in [-0.2, 0) is 9.53 Å². The van der Waals surface area contributed by atoms with Crippen molar-refractivity contribution >= 4 is 5.91 Å². The number of carbonyl (C=O) groups is 1. The third-order valence-electron chi connectivity index (χ3n) is 3.53. The van der Waals surface area contributed by atoms with Crippen LogP contribution in [0, 0.1) is 0 Å². The topological polar surface area (TPSA) is 64.4 Å². The van der Waals surface area contributed by atoms with Gasteiger partial charge >= 0.3 is 0 Å². The fourth-order valence-electron chi connectivity index (χ4n) is 2.03. The minimum Gasteiger partial charge on any atom is -0.378 e. The van der Waals surface area contributed by atoms with Crippen molar-refractivity contribution in [2.24, 2.45) is 5.73 Å². The highest BCUT2D eigenvalue weighted by Crippen LogP contribution is 2.16. The normalized spacial score (nSPS) is 26.5. The highest BCUT2D eigenvalue weighted by molar-refractivity contribution is 5.86. The van der Waals surface area contributed by atoms with Crippen LogP contribution in [0.15, 0.2) is 0 Å². The van der Waals surface area contributed by atoms with E-state index in [9.17, 15) is 4.79 Å². The van der Waals surface area contributed by atoms with E-state index in [0.717, 1.165) is 19.4 Å². The fourth-order valence-corrected chi connectivity index (χ4v) is 2.03. The molecule has 0 aromatic rings. The average Bonchev–Trinajstić information content (AvgIpc) is 2.28. The van der Waals surface area contributed by atoms with Gasteiger partial charge in [-0.25, -0.2) is 0 Å². The Kier molecular flexibility index (Phi) is 4.74. The van der Waals surface area contributed by atoms with Crippen LogP contribution < -0.4 is 11.1 Å². The lowest BCUT2D eigenvalue weighted by atomic mass is 9.92. The van der Waals surface area contributed by atoms with Crippen LogP contribution >= 0.6 is 0 Å². The van der Waals surface area contributed by atoms with E-state index in [1.54, 1.807) is 0 Å². The standard InChI is InChI=1S/C12H24N2O2/c1-4-12(13,5-2)11(15)14-10-6-7-16-9(3)8-10/h9-10H,4-8,13H2,1-3H3,(H,14,15). The number of nitrogens with one attached hydrogen (secondary N) is 1. The van der Waals surface area contributed by atoms with Crippen molar-refractivity contribution in [2.75, 3.05) is 6.61 Å². The van der Waals surface area contributed by atoms with Crippen LogP contribution in [-0.4, -0.2) is 30.2 Å². The Morgan fingerprint density at radius 3 is 2.62 bits per heavy atom. The van der Waals surface area contributed by atoms with E-state index in [-0.39, 0.29) is 18.1 Å². The van der Waals surface area contributed by atoms with Crippen LogP contribution in [0.4, 0.5) is 0 Å². The number of hydrogen-bond donors (Lipinski definition) is 2. The van der Waals surface area contributed by atoms with E-state index in [0.29, 0.717) is 12.8 Å². The molecule has 0 spiro atoms. The molecule has 1 aliphatic heterocycles. The summed E-state index contributed by atoms with van der Waals surface area (Å²) in [6.45, 7) is 6.67. The summed E-state index contributed by atoms with van der Waals surface area (Å²) < 4.78 is 5.45. The summed E-state index contributed by atoms with van der Waals surface area (Å²) in [5.74, 6) is -0.0170. The van der Waals surface area contributed by atoms with Crippen molar-refractivity contribution in [1.29, 1.82) is 0 Å². The first-order valence-corrected chi connectivity index (χ1v) is 6.23. The van der Waals surface area contributed by atoms with E-state index in [1.165, 1.54) is 0 Å². The molecule has 3 N–H and O–H groups in total. The van der Waals surface area contributed by atoms with Gasteiger partial charge in [0.1, 0.15) is 0 Å². The van der Waals surface area contributed by atoms with Gasteiger partial charge in [-0.1, -0.05) is 13.8 Å². The molecule has 4 nitrogen and oxygen atoms in total. The van der Waals surface area contributed by atoms with Gasteiger partial charge in [0.15, 0.2) is 0 Å². The molecule has 16 heavy (non-hydrogen) atoms. The maximum absolute atomic E-state index is 12.0. The zero-order valence-corrected chi connectivity index (χ0v) is 10.6.